The van der Waals surface area contributed by atoms with Crippen molar-refractivity contribution in [2.75, 3.05) is 24.7 Å². The molecule has 0 fully saturated rings. The van der Waals surface area contributed by atoms with E-state index in [0.29, 0.717) is 46.6 Å². The van der Waals surface area contributed by atoms with Crippen molar-refractivity contribution < 1.29 is 18.4 Å². The van der Waals surface area contributed by atoms with Crippen molar-refractivity contribution in [3.05, 3.63) is 47.3 Å². The normalized spacial score (nSPS) is 10.9. The van der Waals surface area contributed by atoms with Gasteiger partial charge in [0, 0.05) is 32.3 Å². The molecule has 0 saturated carbocycles. The molecule has 0 radical (unpaired) electrons. The van der Waals surface area contributed by atoms with Gasteiger partial charge in [-0.25, -0.2) is 4.39 Å². The second-order valence-corrected chi connectivity index (χ2v) is 7.63. The van der Waals surface area contributed by atoms with Crippen LogP contribution in [0.2, 0.25) is 0 Å². The number of primary amides is 1. The zero-order valence-electron chi connectivity index (χ0n) is 17.0. The maximum Gasteiger partial charge on any atom is 0.255 e. The van der Waals surface area contributed by atoms with Crippen LogP contribution in [0.5, 0.6) is 0 Å². The van der Waals surface area contributed by atoms with Gasteiger partial charge in [-0.15, -0.1) is 0 Å². The molecule has 0 spiro atoms. The Hall–Kier alpha value is -3.07. The van der Waals surface area contributed by atoms with Crippen LogP contribution in [-0.2, 0) is 11.2 Å². The number of benzene rings is 1. The average molecular weight is 431 g/mol. The van der Waals surface area contributed by atoms with E-state index >= 15 is 0 Å². The molecule has 2 aromatic heterocycles. The molecule has 158 valence electrons. The highest BCUT2D eigenvalue weighted by molar-refractivity contribution is 7.99. The number of halogens is 1. The van der Waals surface area contributed by atoms with E-state index in [9.17, 15) is 14.0 Å². The van der Waals surface area contributed by atoms with E-state index in [-0.39, 0.29) is 24.1 Å². The summed E-state index contributed by atoms with van der Waals surface area (Å²) in [5.74, 6) is -0.0676. The van der Waals surface area contributed by atoms with Crippen molar-refractivity contribution in [3.8, 4) is 11.3 Å². The van der Waals surface area contributed by atoms with E-state index < -0.39 is 0 Å². The quantitative estimate of drug-likeness (QED) is 0.530. The summed E-state index contributed by atoms with van der Waals surface area (Å²) in [7, 11) is 3.41. The molecule has 0 bridgehead atoms. The Morgan fingerprint density at radius 1 is 1.30 bits per heavy atom. The van der Waals surface area contributed by atoms with Crippen LogP contribution >= 0.6 is 11.9 Å². The van der Waals surface area contributed by atoms with E-state index in [1.54, 1.807) is 12.1 Å². The molecule has 1 aromatic carbocycles. The van der Waals surface area contributed by atoms with Crippen LogP contribution in [0.1, 0.15) is 28.8 Å². The minimum Gasteiger partial charge on any atom is -0.437 e. The third kappa shape index (κ3) is 4.40. The molecule has 3 N–H and O–H groups in total. The summed E-state index contributed by atoms with van der Waals surface area (Å²) in [6.45, 7) is 0. The molecule has 0 aliphatic heterocycles. The molecule has 2 heterocycles. The fourth-order valence-electron chi connectivity index (χ4n) is 3.21. The minimum absolute atomic E-state index is 0.259. The number of nitrogens with one attached hydrogen (secondary N) is 1. The van der Waals surface area contributed by atoms with Gasteiger partial charge < -0.3 is 19.8 Å². The van der Waals surface area contributed by atoms with Crippen LogP contribution in [0.15, 0.2) is 34.7 Å². The summed E-state index contributed by atoms with van der Waals surface area (Å²) in [4.78, 5) is 28.5. The van der Waals surface area contributed by atoms with Crippen LogP contribution in [-0.4, -0.2) is 37.1 Å². The number of carbonyl (C=O) groups excluding carboxylic acids is 2. The van der Waals surface area contributed by atoms with E-state index in [1.165, 1.54) is 31.1 Å². The highest BCUT2D eigenvalue weighted by Gasteiger charge is 2.24. The van der Waals surface area contributed by atoms with E-state index in [0.717, 1.165) is 5.56 Å². The van der Waals surface area contributed by atoms with Gasteiger partial charge in [-0.05, 0) is 48.7 Å². The Kier molecular flexibility index (Phi) is 6.61. The lowest BCUT2D eigenvalue weighted by Gasteiger charge is -2.18. The van der Waals surface area contributed by atoms with Gasteiger partial charge in [0.05, 0.1) is 10.9 Å². The number of aryl methyl sites for hydroxylation is 1. The van der Waals surface area contributed by atoms with Gasteiger partial charge in [0.25, 0.3) is 5.91 Å². The van der Waals surface area contributed by atoms with Gasteiger partial charge >= 0.3 is 0 Å². The van der Waals surface area contributed by atoms with Crippen molar-refractivity contribution in [1.29, 1.82) is 0 Å². The Labute approximate surface area is 178 Å². The van der Waals surface area contributed by atoms with Crippen LogP contribution in [0.25, 0.3) is 22.4 Å². The standard InChI is InChI=1S/C21H23FN4O3S/c1-24-20(28)17-15-11-13(5-4-6-16(23)27)19(26(2)30-3)25-21(15)29-18(17)12-7-9-14(22)10-8-12/h7-11H,4-6H2,1-3H3,(H2,23,27)(H,24,28). The fraction of sp³-hybridized carbons (Fsp3) is 0.286. The molecule has 2 amide bonds. The van der Waals surface area contributed by atoms with Gasteiger partial charge in [0.2, 0.25) is 11.6 Å². The number of nitrogens with zero attached hydrogens (tertiary/aromatic N) is 2. The molecule has 9 heteroatoms. The van der Waals surface area contributed by atoms with Crippen LogP contribution in [0, 0.1) is 5.82 Å². The monoisotopic (exact) mass is 430 g/mol. The van der Waals surface area contributed by atoms with Gasteiger partial charge in [-0.2, -0.15) is 4.98 Å². The van der Waals surface area contributed by atoms with Crippen LogP contribution < -0.4 is 15.4 Å². The third-order valence-electron chi connectivity index (χ3n) is 4.74. The molecule has 0 aliphatic rings. The SMILES string of the molecule is CNC(=O)c1c(-c2ccc(F)cc2)oc2nc(N(C)SC)c(CCCC(N)=O)cc12. The molecular formula is C21H23FN4O3S. The summed E-state index contributed by atoms with van der Waals surface area (Å²) in [6, 6.07) is 7.61. The third-order valence-corrected chi connectivity index (χ3v) is 5.46. The molecule has 0 unspecified atom stereocenters. The number of nitrogens with two attached hydrogens (primary N) is 1. The van der Waals surface area contributed by atoms with Crippen LogP contribution in [0.3, 0.4) is 0 Å². The second kappa shape index (κ2) is 9.17. The minimum atomic E-state index is -0.380. The number of carbonyl (C=O) groups is 2. The number of anilines is 1. The maximum absolute atomic E-state index is 13.4. The molecule has 7 nitrogen and oxygen atoms in total. The van der Waals surface area contributed by atoms with Crippen molar-refractivity contribution in [2.24, 2.45) is 5.73 Å². The van der Waals surface area contributed by atoms with Gasteiger partial charge in [-0.1, -0.05) is 11.9 Å². The lowest BCUT2D eigenvalue weighted by molar-refractivity contribution is -0.118. The topological polar surface area (TPSA) is 101 Å². The number of amides is 2. The zero-order chi connectivity index (χ0) is 21.8. The smallest absolute Gasteiger partial charge is 0.255 e. The average Bonchev–Trinajstić information content (AvgIpc) is 3.10. The summed E-state index contributed by atoms with van der Waals surface area (Å²) in [5.41, 5.74) is 7.35. The molecule has 3 aromatic rings. The van der Waals surface area contributed by atoms with Crippen molar-refractivity contribution in [3.63, 3.8) is 0 Å². The Morgan fingerprint density at radius 3 is 2.60 bits per heavy atom. The Bertz CT molecular complexity index is 1080. The number of hydrogen-bond acceptors (Lipinski definition) is 6. The van der Waals surface area contributed by atoms with Crippen LogP contribution in [0.4, 0.5) is 10.2 Å². The summed E-state index contributed by atoms with van der Waals surface area (Å²) >= 11 is 1.48. The highest BCUT2D eigenvalue weighted by atomic mass is 32.2. The molecule has 3 rings (SSSR count). The number of pyridine rings is 1. The first kappa shape index (κ1) is 21.6. The zero-order valence-corrected chi connectivity index (χ0v) is 17.8. The lowest BCUT2D eigenvalue weighted by Crippen LogP contribution is -2.18. The van der Waals surface area contributed by atoms with Gasteiger partial charge in [0.1, 0.15) is 17.4 Å². The lowest BCUT2D eigenvalue weighted by atomic mass is 10.0. The van der Waals surface area contributed by atoms with Crippen molar-refractivity contribution in [1.82, 2.24) is 10.3 Å². The van der Waals surface area contributed by atoms with E-state index in [4.69, 9.17) is 10.2 Å². The summed E-state index contributed by atoms with van der Waals surface area (Å²) in [6.07, 6.45) is 3.31. The van der Waals surface area contributed by atoms with Crippen molar-refractivity contribution in [2.45, 2.75) is 19.3 Å². The highest BCUT2D eigenvalue weighted by Crippen LogP contribution is 2.36. The number of rotatable bonds is 8. The predicted molar refractivity (Wildman–Crippen MR) is 117 cm³/mol. The predicted octanol–water partition coefficient (Wildman–Crippen LogP) is 3.52. The summed E-state index contributed by atoms with van der Waals surface area (Å²) in [5, 5.41) is 3.19. The molecule has 0 atom stereocenters. The molecule has 30 heavy (non-hydrogen) atoms. The number of fused-ring (bicyclic) bond motifs is 1. The maximum atomic E-state index is 13.4. The number of furan rings is 1. The Morgan fingerprint density at radius 2 is 2.00 bits per heavy atom. The fourth-order valence-corrected chi connectivity index (χ4v) is 3.54. The van der Waals surface area contributed by atoms with Gasteiger partial charge in [0.15, 0.2) is 0 Å². The molecular weight excluding hydrogens is 407 g/mol. The first-order chi connectivity index (χ1) is 14.3. The van der Waals surface area contributed by atoms with E-state index in [2.05, 4.69) is 10.3 Å². The molecule has 0 aliphatic carbocycles. The number of aromatic nitrogens is 1. The largest absolute Gasteiger partial charge is 0.437 e. The van der Waals surface area contributed by atoms with E-state index in [1.807, 2.05) is 23.7 Å². The first-order valence-corrected chi connectivity index (χ1v) is 10.5. The molecule has 0 saturated heterocycles. The first-order valence-electron chi connectivity index (χ1n) is 9.36. The second-order valence-electron chi connectivity index (χ2n) is 6.72. The Balaban J connectivity index is 2.20. The van der Waals surface area contributed by atoms with Crippen molar-refractivity contribution >= 4 is 40.7 Å². The van der Waals surface area contributed by atoms with Gasteiger partial charge in [-0.3, -0.25) is 9.59 Å². The summed E-state index contributed by atoms with van der Waals surface area (Å²) < 4.78 is 21.2. The number of hydrogen-bond donors (Lipinski definition) is 2.